The molecule has 96 valence electrons. The van der Waals surface area contributed by atoms with Crippen LogP contribution in [0.4, 0.5) is 11.5 Å². The lowest BCUT2D eigenvalue weighted by Gasteiger charge is -2.12. The molecule has 2 aromatic rings. The fourth-order valence-electron chi connectivity index (χ4n) is 2.34. The third-order valence-corrected chi connectivity index (χ3v) is 3.40. The summed E-state index contributed by atoms with van der Waals surface area (Å²) in [5.74, 6) is 0.466. The molecule has 1 aliphatic heterocycles. The van der Waals surface area contributed by atoms with Gasteiger partial charge in [0.15, 0.2) is 0 Å². The zero-order valence-corrected chi connectivity index (χ0v) is 10.7. The summed E-state index contributed by atoms with van der Waals surface area (Å²) in [5.41, 5.74) is 3.06. The fraction of sp³-hybridized carbons (Fsp3) is 0.200. The van der Waals surface area contributed by atoms with E-state index in [9.17, 15) is 4.79 Å². The number of para-hydroxylation sites is 1. The van der Waals surface area contributed by atoms with Crippen molar-refractivity contribution in [2.75, 3.05) is 17.2 Å². The van der Waals surface area contributed by atoms with Crippen LogP contribution in [0.2, 0.25) is 0 Å². The Morgan fingerprint density at radius 2 is 2.16 bits per heavy atom. The average molecular weight is 253 g/mol. The van der Waals surface area contributed by atoms with Gasteiger partial charge in [0.05, 0.1) is 5.92 Å². The van der Waals surface area contributed by atoms with Crippen LogP contribution in [0.5, 0.6) is 0 Å². The summed E-state index contributed by atoms with van der Waals surface area (Å²) < 4.78 is 0. The van der Waals surface area contributed by atoms with Crippen molar-refractivity contribution in [2.24, 2.45) is 0 Å². The Hall–Kier alpha value is -2.36. The van der Waals surface area contributed by atoms with E-state index in [-0.39, 0.29) is 11.8 Å². The van der Waals surface area contributed by atoms with Crippen molar-refractivity contribution in [3.63, 3.8) is 0 Å². The number of anilines is 2. The van der Waals surface area contributed by atoms with Crippen LogP contribution < -0.4 is 10.6 Å². The number of fused-ring (bicyclic) bond motifs is 1. The smallest absolute Gasteiger partial charge is 0.234 e. The van der Waals surface area contributed by atoms with E-state index in [1.807, 2.05) is 43.3 Å². The van der Waals surface area contributed by atoms with E-state index in [4.69, 9.17) is 0 Å². The van der Waals surface area contributed by atoms with Crippen LogP contribution in [0.1, 0.15) is 17.0 Å². The Balaban J connectivity index is 1.81. The largest absolute Gasteiger partial charge is 0.384 e. The normalized spacial score (nSPS) is 16.6. The molecule has 2 N–H and O–H groups in total. The number of rotatable bonds is 2. The fourth-order valence-corrected chi connectivity index (χ4v) is 2.34. The van der Waals surface area contributed by atoms with Crippen LogP contribution in [0.25, 0.3) is 0 Å². The predicted molar refractivity (Wildman–Crippen MR) is 75.3 cm³/mol. The third kappa shape index (κ3) is 2.17. The van der Waals surface area contributed by atoms with Crippen molar-refractivity contribution in [1.82, 2.24) is 4.98 Å². The monoisotopic (exact) mass is 253 g/mol. The highest BCUT2D eigenvalue weighted by Crippen LogP contribution is 2.31. The summed E-state index contributed by atoms with van der Waals surface area (Å²) in [6.07, 6.45) is 1.68. The van der Waals surface area contributed by atoms with Crippen LogP contribution in [-0.4, -0.2) is 17.4 Å². The molecule has 1 unspecified atom stereocenters. The number of hydrogen-bond acceptors (Lipinski definition) is 3. The highest BCUT2D eigenvalue weighted by atomic mass is 16.2. The van der Waals surface area contributed by atoms with Crippen molar-refractivity contribution in [3.05, 3.63) is 53.7 Å². The minimum Gasteiger partial charge on any atom is -0.384 e. The van der Waals surface area contributed by atoms with Gasteiger partial charge in [-0.05, 0) is 30.2 Å². The molecule has 0 bridgehead atoms. The molecule has 1 aliphatic rings. The molecular formula is C15H15N3O. The van der Waals surface area contributed by atoms with Gasteiger partial charge in [-0.1, -0.05) is 24.3 Å². The number of carbonyl (C=O) groups excluding carboxylic acids is 1. The molecule has 0 aliphatic carbocycles. The zero-order chi connectivity index (χ0) is 13.2. The topological polar surface area (TPSA) is 54.0 Å². The molecule has 1 amide bonds. The summed E-state index contributed by atoms with van der Waals surface area (Å²) in [6, 6.07) is 11.7. The first-order valence-corrected chi connectivity index (χ1v) is 6.31. The Morgan fingerprint density at radius 1 is 1.32 bits per heavy atom. The molecule has 0 radical (unpaired) electrons. The number of benzene rings is 1. The zero-order valence-electron chi connectivity index (χ0n) is 10.7. The van der Waals surface area contributed by atoms with Gasteiger partial charge in [-0.3, -0.25) is 4.79 Å². The number of hydrogen-bond donors (Lipinski definition) is 2. The molecule has 19 heavy (non-hydrogen) atoms. The Bertz CT molecular complexity index is 624. The minimum atomic E-state index is -0.155. The summed E-state index contributed by atoms with van der Waals surface area (Å²) in [4.78, 5) is 16.5. The van der Waals surface area contributed by atoms with E-state index >= 15 is 0 Å². The van der Waals surface area contributed by atoms with Gasteiger partial charge < -0.3 is 10.6 Å². The Morgan fingerprint density at radius 3 is 3.00 bits per heavy atom. The van der Waals surface area contributed by atoms with E-state index in [2.05, 4.69) is 15.6 Å². The van der Waals surface area contributed by atoms with Crippen LogP contribution in [0, 0.1) is 6.92 Å². The molecule has 0 fully saturated rings. The molecule has 0 saturated heterocycles. The van der Waals surface area contributed by atoms with Gasteiger partial charge in [-0.15, -0.1) is 0 Å². The van der Waals surface area contributed by atoms with E-state index in [0.29, 0.717) is 12.4 Å². The number of pyridine rings is 1. The standard InChI is InChI=1S/C15H15N3O/c1-10-5-4-8-16-14(10)18-15(19)12-9-17-13-7-3-2-6-11(12)13/h2-8,12,17H,9H2,1H3,(H,16,18,19). The van der Waals surface area contributed by atoms with Crippen molar-refractivity contribution in [3.8, 4) is 0 Å². The van der Waals surface area contributed by atoms with Crippen molar-refractivity contribution >= 4 is 17.4 Å². The number of aromatic nitrogens is 1. The van der Waals surface area contributed by atoms with Crippen molar-refractivity contribution in [2.45, 2.75) is 12.8 Å². The van der Waals surface area contributed by atoms with E-state index in [1.165, 1.54) is 0 Å². The number of nitrogens with zero attached hydrogens (tertiary/aromatic N) is 1. The van der Waals surface area contributed by atoms with Crippen molar-refractivity contribution in [1.29, 1.82) is 0 Å². The lowest BCUT2D eigenvalue weighted by molar-refractivity contribution is -0.117. The molecule has 2 heterocycles. The van der Waals surface area contributed by atoms with E-state index in [0.717, 1.165) is 16.8 Å². The van der Waals surface area contributed by atoms with E-state index in [1.54, 1.807) is 6.20 Å². The first-order valence-electron chi connectivity index (χ1n) is 6.31. The average Bonchev–Trinajstić information content (AvgIpc) is 2.85. The summed E-state index contributed by atoms with van der Waals surface area (Å²) in [5, 5.41) is 6.15. The SMILES string of the molecule is Cc1cccnc1NC(=O)C1CNc2ccccc21. The first kappa shape index (κ1) is 11.7. The lowest BCUT2D eigenvalue weighted by atomic mass is 10.0. The van der Waals surface area contributed by atoms with Crippen LogP contribution in [0.3, 0.4) is 0 Å². The Kier molecular flexibility index (Phi) is 2.91. The maximum Gasteiger partial charge on any atom is 0.234 e. The maximum absolute atomic E-state index is 12.3. The van der Waals surface area contributed by atoms with E-state index < -0.39 is 0 Å². The molecule has 0 saturated carbocycles. The number of aryl methyl sites for hydroxylation is 1. The molecule has 4 heteroatoms. The molecule has 0 spiro atoms. The molecule has 1 aromatic heterocycles. The lowest BCUT2D eigenvalue weighted by Crippen LogP contribution is -2.23. The number of amides is 1. The summed E-state index contributed by atoms with van der Waals surface area (Å²) >= 11 is 0. The minimum absolute atomic E-state index is 0.0146. The Labute approximate surface area is 111 Å². The quantitative estimate of drug-likeness (QED) is 0.864. The third-order valence-electron chi connectivity index (χ3n) is 3.40. The maximum atomic E-state index is 12.3. The number of carbonyl (C=O) groups is 1. The van der Waals surface area contributed by atoms with Crippen LogP contribution in [0.15, 0.2) is 42.6 Å². The molecule has 1 atom stereocenters. The van der Waals surface area contributed by atoms with Crippen LogP contribution >= 0.6 is 0 Å². The highest BCUT2D eigenvalue weighted by Gasteiger charge is 2.28. The van der Waals surface area contributed by atoms with Crippen molar-refractivity contribution < 1.29 is 4.79 Å². The van der Waals surface area contributed by atoms with Gasteiger partial charge in [0.2, 0.25) is 5.91 Å². The van der Waals surface area contributed by atoms with Gasteiger partial charge in [0.1, 0.15) is 5.82 Å². The second-order valence-electron chi connectivity index (χ2n) is 4.68. The second-order valence-corrected chi connectivity index (χ2v) is 4.68. The molecule has 3 rings (SSSR count). The molecule has 4 nitrogen and oxygen atoms in total. The van der Waals surface area contributed by atoms with Gasteiger partial charge in [-0.25, -0.2) is 4.98 Å². The van der Waals surface area contributed by atoms with Crippen LogP contribution in [-0.2, 0) is 4.79 Å². The molecular weight excluding hydrogens is 238 g/mol. The number of nitrogens with one attached hydrogen (secondary N) is 2. The summed E-state index contributed by atoms with van der Waals surface area (Å²) in [7, 11) is 0. The summed E-state index contributed by atoms with van der Waals surface area (Å²) in [6.45, 7) is 2.57. The highest BCUT2D eigenvalue weighted by molar-refractivity contribution is 5.98. The predicted octanol–water partition coefficient (Wildman–Crippen LogP) is 2.54. The first-order chi connectivity index (χ1) is 9.25. The van der Waals surface area contributed by atoms with Gasteiger partial charge in [0, 0.05) is 18.4 Å². The second kappa shape index (κ2) is 4.72. The molecule has 1 aromatic carbocycles. The van der Waals surface area contributed by atoms with Gasteiger partial charge in [0.25, 0.3) is 0 Å². The van der Waals surface area contributed by atoms with Gasteiger partial charge >= 0.3 is 0 Å². The van der Waals surface area contributed by atoms with Gasteiger partial charge in [-0.2, -0.15) is 0 Å².